The molecule has 0 bridgehead atoms. The van der Waals surface area contributed by atoms with Crippen LogP contribution < -0.4 is 0 Å². The van der Waals surface area contributed by atoms with Gasteiger partial charge in [0.25, 0.3) is 0 Å². The van der Waals surface area contributed by atoms with Gasteiger partial charge in [-0.05, 0) is 31.6 Å². The zero-order valence-electron chi connectivity index (χ0n) is 15.9. The lowest BCUT2D eigenvalue weighted by molar-refractivity contribution is -0.146. The molecule has 0 saturated carbocycles. The second-order valence-electron chi connectivity index (χ2n) is 6.75. The van der Waals surface area contributed by atoms with Crippen LogP contribution in [0.3, 0.4) is 0 Å². The Morgan fingerprint density at radius 2 is 1.39 bits per heavy atom. The fourth-order valence-corrected chi connectivity index (χ4v) is 3.20. The van der Waals surface area contributed by atoms with Crippen LogP contribution >= 0.6 is 0 Å². The molecule has 2 atom stereocenters. The van der Waals surface area contributed by atoms with E-state index in [0.29, 0.717) is 5.92 Å². The fraction of sp³-hybridized carbons (Fsp3) is 0.857. The van der Waals surface area contributed by atoms with Crippen LogP contribution in [0.4, 0.5) is 0 Å². The standard InChI is InChI=1S/C21H40O2/c1-5-9-11-12-13-14-16-18-20(23-21(22)8-4)19(7-3)17-15-10-6-2/h8,19-20H,4-7,9-18H2,1-3H3. The molecule has 136 valence electrons. The number of hydrogen-bond donors (Lipinski definition) is 0. The molecular weight excluding hydrogens is 284 g/mol. The van der Waals surface area contributed by atoms with E-state index in [-0.39, 0.29) is 12.1 Å². The van der Waals surface area contributed by atoms with Gasteiger partial charge in [-0.2, -0.15) is 0 Å². The van der Waals surface area contributed by atoms with Gasteiger partial charge in [-0.15, -0.1) is 0 Å². The van der Waals surface area contributed by atoms with Crippen molar-refractivity contribution in [3.05, 3.63) is 12.7 Å². The summed E-state index contributed by atoms with van der Waals surface area (Å²) in [6.07, 6.45) is 17.5. The number of ether oxygens (including phenoxy) is 1. The van der Waals surface area contributed by atoms with Crippen molar-refractivity contribution in [3.8, 4) is 0 Å². The van der Waals surface area contributed by atoms with Gasteiger partial charge in [0.15, 0.2) is 0 Å². The minimum absolute atomic E-state index is 0.0815. The highest BCUT2D eigenvalue weighted by Gasteiger charge is 2.22. The summed E-state index contributed by atoms with van der Waals surface area (Å²) in [4.78, 5) is 11.6. The summed E-state index contributed by atoms with van der Waals surface area (Å²) in [6.45, 7) is 10.2. The highest BCUT2D eigenvalue weighted by molar-refractivity contribution is 5.81. The van der Waals surface area contributed by atoms with Crippen LogP contribution in [0.15, 0.2) is 12.7 Å². The van der Waals surface area contributed by atoms with Crippen LogP contribution in [0.25, 0.3) is 0 Å². The molecule has 0 rings (SSSR count). The van der Waals surface area contributed by atoms with Crippen molar-refractivity contribution in [1.29, 1.82) is 0 Å². The van der Waals surface area contributed by atoms with E-state index in [1.165, 1.54) is 76.7 Å². The lowest BCUT2D eigenvalue weighted by atomic mass is 9.89. The van der Waals surface area contributed by atoms with Crippen LogP contribution in [0.2, 0.25) is 0 Å². The van der Waals surface area contributed by atoms with Gasteiger partial charge in [0.1, 0.15) is 6.10 Å². The summed E-state index contributed by atoms with van der Waals surface area (Å²) < 4.78 is 5.67. The van der Waals surface area contributed by atoms with Crippen LogP contribution in [-0.4, -0.2) is 12.1 Å². The largest absolute Gasteiger partial charge is 0.459 e. The van der Waals surface area contributed by atoms with E-state index in [1.54, 1.807) is 0 Å². The Balaban J connectivity index is 4.20. The quantitative estimate of drug-likeness (QED) is 0.177. The van der Waals surface area contributed by atoms with Gasteiger partial charge in [0.05, 0.1) is 0 Å². The van der Waals surface area contributed by atoms with E-state index in [0.717, 1.165) is 12.8 Å². The Morgan fingerprint density at radius 1 is 0.870 bits per heavy atom. The molecule has 0 heterocycles. The van der Waals surface area contributed by atoms with Crippen LogP contribution in [0.1, 0.15) is 104 Å². The number of esters is 1. The molecule has 0 saturated heterocycles. The lowest BCUT2D eigenvalue weighted by Gasteiger charge is -2.26. The second kappa shape index (κ2) is 16.1. The molecule has 0 fully saturated rings. The molecule has 2 unspecified atom stereocenters. The van der Waals surface area contributed by atoms with Crippen molar-refractivity contribution in [2.24, 2.45) is 5.92 Å². The van der Waals surface area contributed by atoms with E-state index >= 15 is 0 Å². The first kappa shape index (κ1) is 22.2. The Morgan fingerprint density at radius 3 is 1.96 bits per heavy atom. The highest BCUT2D eigenvalue weighted by atomic mass is 16.5. The van der Waals surface area contributed by atoms with Crippen LogP contribution in [0.5, 0.6) is 0 Å². The third-order valence-electron chi connectivity index (χ3n) is 4.76. The number of unbranched alkanes of at least 4 members (excludes halogenated alkanes) is 8. The molecule has 2 heteroatoms. The monoisotopic (exact) mass is 324 g/mol. The van der Waals surface area contributed by atoms with Crippen molar-refractivity contribution < 1.29 is 9.53 Å². The normalized spacial score (nSPS) is 13.5. The minimum Gasteiger partial charge on any atom is -0.459 e. The third-order valence-corrected chi connectivity index (χ3v) is 4.76. The number of carbonyl (C=O) groups is 1. The first-order valence-electron chi connectivity index (χ1n) is 10.0. The fourth-order valence-electron chi connectivity index (χ4n) is 3.20. The summed E-state index contributed by atoms with van der Waals surface area (Å²) in [7, 11) is 0. The molecule has 0 spiro atoms. The minimum atomic E-state index is -0.258. The van der Waals surface area contributed by atoms with Gasteiger partial charge in [-0.25, -0.2) is 4.79 Å². The predicted octanol–water partition coefficient (Wildman–Crippen LogP) is 6.83. The van der Waals surface area contributed by atoms with Crippen molar-refractivity contribution >= 4 is 5.97 Å². The summed E-state index contributed by atoms with van der Waals surface area (Å²) in [5, 5.41) is 0. The lowest BCUT2D eigenvalue weighted by Crippen LogP contribution is -2.26. The smallest absolute Gasteiger partial charge is 0.330 e. The molecule has 2 nitrogen and oxygen atoms in total. The average Bonchev–Trinajstić information content (AvgIpc) is 2.57. The summed E-state index contributed by atoms with van der Waals surface area (Å²) in [5.74, 6) is 0.248. The summed E-state index contributed by atoms with van der Waals surface area (Å²) in [6, 6.07) is 0. The molecule has 0 aromatic carbocycles. The Labute approximate surface area is 145 Å². The van der Waals surface area contributed by atoms with E-state index in [4.69, 9.17) is 4.74 Å². The van der Waals surface area contributed by atoms with Crippen molar-refractivity contribution in [3.63, 3.8) is 0 Å². The summed E-state index contributed by atoms with van der Waals surface area (Å²) in [5.41, 5.74) is 0. The zero-order chi connectivity index (χ0) is 17.3. The Bertz CT molecular complexity index is 286. The number of carbonyl (C=O) groups excluding carboxylic acids is 1. The van der Waals surface area contributed by atoms with Gasteiger partial charge in [-0.1, -0.05) is 85.1 Å². The van der Waals surface area contributed by atoms with E-state index in [1.807, 2.05) is 0 Å². The molecule has 0 aromatic heterocycles. The maximum Gasteiger partial charge on any atom is 0.330 e. The molecule has 0 aliphatic rings. The maximum absolute atomic E-state index is 11.6. The van der Waals surface area contributed by atoms with Gasteiger partial charge < -0.3 is 4.74 Å². The van der Waals surface area contributed by atoms with Gasteiger partial charge in [0.2, 0.25) is 0 Å². The van der Waals surface area contributed by atoms with Crippen LogP contribution in [0, 0.1) is 5.92 Å². The van der Waals surface area contributed by atoms with Crippen LogP contribution in [-0.2, 0) is 9.53 Å². The molecule has 0 aromatic rings. The molecule has 23 heavy (non-hydrogen) atoms. The van der Waals surface area contributed by atoms with E-state index in [2.05, 4.69) is 27.4 Å². The molecule has 0 aliphatic heterocycles. The average molecular weight is 325 g/mol. The zero-order valence-corrected chi connectivity index (χ0v) is 15.9. The topological polar surface area (TPSA) is 26.3 Å². The molecule has 0 amide bonds. The first-order valence-corrected chi connectivity index (χ1v) is 10.0. The van der Waals surface area contributed by atoms with Crippen molar-refractivity contribution in [2.45, 2.75) is 110 Å². The maximum atomic E-state index is 11.6. The molecule has 0 aliphatic carbocycles. The first-order chi connectivity index (χ1) is 11.2. The second-order valence-corrected chi connectivity index (χ2v) is 6.75. The molecule has 0 radical (unpaired) electrons. The van der Waals surface area contributed by atoms with Gasteiger partial charge in [-0.3, -0.25) is 0 Å². The molecule has 0 N–H and O–H groups in total. The number of hydrogen-bond acceptors (Lipinski definition) is 2. The van der Waals surface area contributed by atoms with E-state index < -0.39 is 0 Å². The third kappa shape index (κ3) is 12.3. The van der Waals surface area contributed by atoms with Crippen molar-refractivity contribution in [1.82, 2.24) is 0 Å². The predicted molar refractivity (Wildman–Crippen MR) is 101 cm³/mol. The SMILES string of the molecule is C=CC(=O)OC(CCCCCCCCC)C(CC)CCCCC. The summed E-state index contributed by atoms with van der Waals surface area (Å²) >= 11 is 0. The number of rotatable bonds is 16. The Kier molecular flexibility index (Phi) is 15.5. The molecular formula is C21H40O2. The highest BCUT2D eigenvalue weighted by Crippen LogP contribution is 2.25. The van der Waals surface area contributed by atoms with Crippen molar-refractivity contribution in [2.75, 3.05) is 0 Å². The van der Waals surface area contributed by atoms with Gasteiger partial charge in [0, 0.05) is 6.08 Å². The van der Waals surface area contributed by atoms with Gasteiger partial charge >= 0.3 is 5.97 Å². The Hall–Kier alpha value is -0.790. The van der Waals surface area contributed by atoms with E-state index in [9.17, 15) is 4.79 Å².